The number of benzene rings is 2. The van der Waals surface area contributed by atoms with Crippen molar-refractivity contribution in [3.63, 3.8) is 0 Å². The number of thiazole rings is 1. The number of rotatable bonds is 3. The highest BCUT2D eigenvalue weighted by Crippen LogP contribution is 2.33. The fraction of sp³-hybridized carbons (Fsp3) is 0.0556. The van der Waals surface area contributed by atoms with Crippen LogP contribution in [0.5, 0.6) is 0 Å². The van der Waals surface area contributed by atoms with E-state index in [0.717, 1.165) is 38.0 Å². The monoisotopic (exact) mass is 396 g/mol. The van der Waals surface area contributed by atoms with Crippen LogP contribution in [0.4, 0.5) is 10.8 Å². The maximum Gasteiger partial charge on any atom is 0.230 e. The van der Waals surface area contributed by atoms with Crippen LogP contribution in [0.1, 0.15) is 5.69 Å². The zero-order valence-corrected chi connectivity index (χ0v) is 15.2. The summed E-state index contributed by atoms with van der Waals surface area (Å²) in [6, 6.07) is 16.2. The number of aryl methyl sites for hydroxylation is 1. The van der Waals surface area contributed by atoms with E-state index in [4.69, 9.17) is 0 Å². The number of aromatic nitrogens is 2. The van der Waals surface area contributed by atoms with Crippen molar-refractivity contribution in [2.75, 3.05) is 0 Å². The Morgan fingerprint density at radius 3 is 2.67 bits per heavy atom. The lowest BCUT2D eigenvalue weighted by Gasteiger charge is -1.95. The molecule has 6 heteroatoms. The van der Waals surface area contributed by atoms with Gasteiger partial charge < -0.3 is 4.98 Å². The first kappa shape index (κ1) is 15.2. The van der Waals surface area contributed by atoms with Crippen molar-refractivity contribution >= 4 is 49.0 Å². The molecule has 118 valence electrons. The van der Waals surface area contributed by atoms with E-state index >= 15 is 0 Å². The molecule has 0 radical (unpaired) electrons. The molecule has 4 rings (SSSR count). The quantitative estimate of drug-likeness (QED) is 0.381. The first-order valence-corrected chi connectivity index (χ1v) is 9.08. The van der Waals surface area contributed by atoms with E-state index in [2.05, 4.69) is 36.1 Å². The van der Waals surface area contributed by atoms with Crippen LogP contribution < -0.4 is 0 Å². The van der Waals surface area contributed by atoms with Crippen LogP contribution in [-0.4, -0.2) is 9.97 Å². The van der Waals surface area contributed by atoms with Gasteiger partial charge in [-0.05, 0) is 25.1 Å². The first-order chi connectivity index (χ1) is 11.7. The van der Waals surface area contributed by atoms with Gasteiger partial charge in [-0.3, -0.25) is 0 Å². The zero-order valence-electron chi connectivity index (χ0n) is 12.8. The lowest BCUT2D eigenvalue weighted by atomic mass is 10.2. The predicted octanol–water partition coefficient (Wildman–Crippen LogP) is 6.78. The number of hydrogen-bond donors (Lipinski definition) is 1. The Morgan fingerprint density at radius 2 is 1.83 bits per heavy atom. The van der Waals surface area contributed by atoms with Crippen molar-refractivity contribution in [2.24, 2.45) is 10.2 Å². The van der Waals surface area contributed by atoms with Gasteiger partial charge in [-0.2, -0.15) is 0 Å². The molecule has 0 saturated heterocycles. The molecule has 0 aliphatic carbocycles. The summed E-state index contributed by atoms with van der Waals surface area (Å²) < 4.78 is 1.05. The number of H-pyrrole nitrogens is 1. The van der Waals surface area contributed by atoms with Crippen LogP contribution >= 0.6 is 27.3 Å². The summed E-state index contributed by atoms with van der Waals surface area (Å²) in [5.41, 5.74) is 4.92. The number of azo groups is 1. The molecule has 0 fully saturated rings. The molecule has 0 spiro atoms. The zero-order chi connectivity index (χ0) is 16.5. The van der Waals surface area contributed by atoms with Crippen LogP contribution in [0, 0.1) is 6.92 Å². The molecule has 24 heavy (non-hydrogen) atoms. The average molecular weight is 397 g/mol. The third-order valence-electron chi connectivity index (χ3n) is 3.73. The summed E-state index contributed by atoms with van der Waals surface area (Å²) in [6.07, 6.45) is 0. The summed E-state index contributed by atoms with van der Waals surface area (Å²) in [5.74, 6) is 0. The minimum atomic E-state index is 0.651. The number of hydrogen-bond acceptors (Lipinski definition) is 4. The third kappa shape index (κ3) is 2.90. The fourth-order valence-electron chi connectivity index (χ4n) is 2.55. The van der Waals surface area contributed by atoms with Gasteiger partial charge in [0.15, 0.2) is 0 Å². The molecule has 2 aromatic carbocycles. The van der Waals surface area contributed by atoms with Crippen molar-refractivity contribution in [2.45, 2.75) is 6.92 Å². The molecule has 0 unspecified atom stereocenters. The van der Waals surface area contributed by atoms with Crippen molar-refractivity contribution in [1.82, 2.24) is 9.97 Å². The molecular weight excluding hydrogens is 384 g/mol. The standard InChI is InChI=1S/C18H13BrN4S/c1-11-17(14-4-2-3-5-15(14)20-11)22-23-18-21-16(10-24-18)12-6-8-13(19)9-7-12/h2-10,20H,1H3. The van der Waals surface area contributed by atoms with Gasteiger partial charge in [0.2, 0.25) is 5.13 Å². The number of nitrogens with one attached hydrogen (secondary N) is 1. The van der Waals surface area contributed by atoms with Gasteiger partial charge in [0, 0.05) is 32.0 Å². The van der Waals surface area contributed by atoms with Crippen molar-refractivity contribution in [3.8, 4) is 11.3 Å². The molecule has 4 aromatic rings. The highest BCUT2D eigenvalue weighted by atomic mass is 79.9. The number of nitrogens with zero attached hydrogens (tertiary/aromatic N) is 3. The molecule has 0 saturated carbocycles. The van der Waals surface area contributed by atoms with E-state index < -0.39 is 0 Å². The molecule has 0 aliphatic rings. The number of aromatic amines is 1. The number of halogens is 1. The summed E-state index contributed by atoms with van der Waals surface area (Å²) in [7, 11) is 0. The van der Waals surface area contributed by atoms with E-state index in [1.807, 2.05) is 60.8 Å². The second-order valence-corrected chi connectivity index (χ2v) is 7.12. The van der Waals surface area contributed by atoms with Gasteiger partial charge in [0.25, 0.3) is 0 Å². The van der Waals surface area contributed by atoms with Crippen molar-refractivity contribution < 1.29 is 0 Å². The largest absolute Gasteiger partial charge is 0.357 e. The Balaban J connectivity index is 1.64. The second-order valence-electron chi connectivity index (χ2n) is 5.37. The maximum atomic E-state index is 4.55. The van der Waals surface area contributed by atoms with E-state index in [9.17, 15) is 0 Å². The van der Waals surface area contributed by atoms with Gasteiger partial charge in [-0.15, -0.1) is 21.6 Å². The molecule has 2 aromatic heterocycles. The van der Waals surface area contributed by atoms with Crippen LogP contribution in [0.3, 0.4) is 0 Å². The highest BCUT2D eigenvalue weighted by Gasteiger charge is 2.08. The fourth-order valence-corrected chi connectivity index (χ4v) is 3.46. The Morgan fingerprint density at radius 1 is 1.04 bits per heavy atom. The smallest absolute Gasteiger partial charge is 0.230 e. The molecular formula is C18H13BrN4S. The first-order valence-electron chi connectivity index (χ1n) is 7.41. The van der Waals surface area contributed by atoms with Crippen LogP contribution in [-0.2, 0) is 0 Å². The molecule has 0 aliphatic heterocycles. The summed E-state index contributed by atoms with van der Waals surface area (Å²) >= 11 is 4.93. The highest BCUT2D eigenvalue weighted by molar-refractivity contribution is 9.10. The summed E-state index contributed by atoms with van der Waals surface area (Å²) in [6.45, 7) is 2.00. The normalized spacial score (nSPS) is 11.6. The Kier molecular flexibility index (Phi) is 4.00. The van der Waals surface area contributed by atoms with Gasteiger partial charge in [0.05, 0.1) is 5.69 Å². The topological polar surface area (TPSA) is 53.4 Å². The molecule has 2 heterocycles. The molecule has 0 bridgehead atoms. The second kappa shape index (κ2) is 6.30. The minimum absolute atomic E-state index is 0.651. The maximum absolute atomic E-state index is 4.55. The molecule has 4 nitrogen and oxygen atoms in total. The molecule has 0 atom stereocenters. The van der Waals surface area contributed by atoms with E-state index in [-0.39, 0.29) is 0 Å². The number of para-hydroxylation sites is 1. The summed E-state index contributed by atoms with van der Waals surface area (Å²) in [5, 5.41) is 12.5. The van der Waals surface area contributed by atoms with E-state index in [1.54, 1.807) is 0 Å². The third-order valence-corrected chi connectivity index (χ3v) is 4.98. The van der Waals surface area contributed by atoms with Gasteiger partial charge in [0.1, 0.15) is 5.69 Å². The molecule has 0 amide bonds. The average Bonchev–Trinajstić information content (AvgIpc) is 3.17. The Labute approximate surface area is 151 Å². The SMILES string of the molecule is Cc1[nH]c2ccccc2c1N=Nc1nc(-c2ccc(Br)cc2)cs1. The molecule has 1 N–H and O–H groups in total. The van der Waals surface area contributed by atoms with Crippen molar-refractivity contribution in [1.29, 1.82) is 0 Å². The van der Waals surface area contributed by atoms with Gasteiger partial charge in [-0.25, -0.2) is 4.98 Å². The number of fused-ring (bicyclic) bond motifs is 1. The van der Waals surface area contributed by atoms with Crippen LogP contribution in [0.2, 0.25) is 0 Å². The van der Waals surface area contributed by atoms with Crippen LogP contribution in [0.15, 0.2) is 68.6 Å². The van der Waals surface area contributed by atoms with Gasteiger partial charge >= 0.3 is 0 Å². The Hall–Kier alpha value is -2.31. The minimum Gasteiger partial charge on any atom is -0.357 e. The van der Waals surface area contributed by atoms with Crippen molar-refractivity contribution in [3.05, 3.63) is 64.1 Å². The van der Waals surface area contributed by atoms with E-state index in [1.165, 1.54) is 11.3 Å². The van der Waals surface area contributed by atoms with Crippen LogP contribution in [0.25, 0.3) is 22.2 Å². The van der Waals surface area contributed by atoms with E-state index in [0.29, 0.717) is 5.13 Å². The lowest BCUT2D eigenvalue weighted by Crippen LogP contribution is -1.75. The summed E-state index contributed by atoms with van der Waals surface area (Å²) in [4.78, 5) is 7.88. The van der Waals surface area contributed by atoms with Gasteiger partial charge in [-0.1, -0.05) is 46.3 Å². The predicted molar refractivity (Wildman–Crippen MR) is 102 cm³/mol. The Bertz CT molecular complexity index is 1030. The lowest BCUT2D eigenvalue weighted by molar-refractivity contribution is 1.18.